The zero-order valence-corrected chi connectivity index (χ0v) is 13.4. The topological polar surface area (TPSA) is 0 Å². The molecule has 0 unspecified atom stereocenters. The summed E-state index contributed by atoms with van der Waals surface area (Å²) in [5.41, 5.74) is 4.71. The van der Waals surface area contributed by atoms with Gasteiger partial charge in [-0.05, 0) is 49.2 Å². The molecule has 0 nitrogen and oxygen atoms in total. The molecule has 0 heteroatoms. The summed E-state index contributed by atoms with van der Waals surface area (Å²) in [7, 11) is 0. The van der Waals surface area contributed by atoms with Crippen molar-refractivity contribution in [3.8, 4) is 0 Å². The van der Waals surface area contributed by atoms with Gasteiger partial charge in [-0.15, -0.1) is 0 Å². The van der Waals surface area contributed by atoms with Gasteiger partial charge >= 0.3 is 0 Å². The van der Waals surface area contributed by atoms with Gasteiger partial charge in [0.25, 0.3) is 0 Å². The Morgan fingerprint density at radius 2 is 2.05 bits per heavy atom. The van der Waals surface area contributed by atoms with Crippen molar-refractivity contribution in [1.82, 2.24) is 0 Å². The third kappa shape index (κ3) is 2.73. The van der Waals surface area contributed by atoms with Crippen LogP contribution in [0.5, 0.6) is 0 Å². The highest BCUT2D eigenvalue weighted by molar-refractivity contribution is 5.72. The van der Waals surface area contributed by atoms with Crippen LogP contribution in [0, 0.1) is 11.3 Å². The van der Waals surface area contributed by atoms with Gasteiger partial charge in [0, 0.05) is 5.41 Å². The summed E-state index contributed by atoms with van der Waals surface area (Å²) in [5, 5.41) is 0. The zero-order valence-electron chi connectivity index (χ0n) is 13.4. The fourth-order valence-electron chi connectivity index (χ4n) is 4.49. The first kappa shape index (κ1) is 14.6. The van der Waals surface area contributed by atoms with E-state index in [9.17, 15) is 0 Å². The van der Waals surface area contributed by atoms with Crippen molar-refractivity contribution in [3.05, 3.63) is 54.1 Å². The van der Waals surface area contributed by atoms with Crippen LogP contribution >= 0.6 is 0 Å². The number of hydrogen-bond donors (Lipinski definition) is 0. The molecule has 2 atom stereocenters. The molecule has 0 aromatic heterocycles. The number of rotatable bonds is 6. The van der Waals surface area contributed by atoms with Gasteiger partial charge in [0.15, 0.2) is 0 Å². The van der Waals surface area contributed by atoms with Crippen molar-refractivity contribution >= 4 is 5.57 Å². The van der Waals surface area contributed by atoms with Crippen molar-refractivity contribution in [1.29, 1.82) is 0 Å². The summed E-state index contributed by atoms with van der Waals surface area (Å²) >= 11 is 0. The lowest BCUT2D eigenvalue weighted by Crippen LogP contribution is -2.20. The Balaban J connectivity index is 1.82. The fraction of sp³-hybridized carbons (Fsp3) is 0.524. The first-order chi connectivity index (χ1) is 10.3. The normalized spacial score (nSPS) is 27.5. The van der Waals surface area contributed by atoms with Gasteiger partial charge in [-0.3, -0.25) is 0 Å². The molecule has 0 saturated heterocycles. The molecule has 1 aromatic rings. The fourth-order valence-corrected chi connectivity index (χ4v) is 4.49. The number of benzene rings is 1. The van der Waals surface area contributed by atoms with Crippen LogP contribution in [0.1, 0.15) is 63.9 Å². The highest BCUT2D eigenvalue weighted by atomic mass is 14.5. The quantitative estimate of drug-likeness (QED) is 0.418. The van der Waals surface area contributed by atoms with E-state index in [1.807, 2.05) is 0 Å². The van der Waals surface area contributed by atoms with Crippen LogP contribution in [0.3, 0.4) is 0 Å². The van der Waals surface area contributed by atoms with E-state index >= 15 is 0 Å². The van der Waals surface area contributed by atoms with Gasteiger partial charge in [0.2, 0.25) is 0 Å². The molecule has 0 radical (unpaired) electrons. The van der Waals surface area contributed by atoms with Crippen molar-refractivity contribution in [3.63, 3.8) is 0 Å². The zero-order chi connectivity index (χ0) is 14.7. The number of fused-ring (bicyclic) bond motifs is 1. The second-order valence-corrected chi connectivity index (χ2v) is 6.94. The van der Waals surface area contributed by atoms with Crippen LogP contribution in [0.25, 0.3) is 5.57 Å². The molecule has 1 fully saturated rings. The minimum atomic E-state index is 0.281. The Kier molecular flexibility index (Phi) is 4.33. The van der Waals surface area contributed by atoms with Gasteiger partial charge in [-0.1, -0.05) is 74.7 Å². The maximum atomic E-state index is 4.53. The molecule has 3 rings (SSSR count). The first-order valence-electron chi connectivity index (χ1n) is 8.71. The predicted octanol–water partition coefficient (Wildman–Crippen LogP) is 6.40. The second-order valence-electron chi connectivity index (χ2n) is 6.94. The molecule has 2 aliphatic rings. The molecule has 0 aliphatic heterocycles. The number of allylic oxidation sites excluding steroid dienone is 3. The Hall–Kier alpha value is -1.30. The van der Waals surface area contributed by atoms with E-state index in [0.29, 0.717) is 0 Å². The SMILES string of the molecule is C=C(c1ccccc1)[C@]12C=C(CCCCC)C[C@H]1CCC2. The molecule has 0 amide bonds. The maximum absolute atomic E-state index is 4.53. The smallest absolute Gasteiger partial charge is 0.0166 e. The summed E-state index contributed by atoms with van der Waals surface area (Å²) in [6, 6.07) is 10.8. The van der Waals surface area contributed by atoms with Crippen molar-refractivity contribution in [2.75, 3.05) is 0 Å². The molecule has 1 saturated carbocycles. The van der Waals surface area contributed by atoms with Crippen molar-refractivity contribution in [2.45, 2.75) is 58.3 Å². The molecule has 0 bridgehead atoms. The van der Waals surface area contributed by atoms with E-state index in [0.717, 1.165) is 5.92 Å². The van der Waals surface area contributed by atoms with E-state index in [4.69, 9.17) is 0 Å². The molecule has 0 N–H and O–H groups in total. The predicted molar refractivity (Wildman–Crippen MR) is 92.1 cm³/mol. The van der Waals surface area contributed by atoms with E-state index in [-0.39, 0.29) is 5.41 Å². The highest BCUT2D eigenvalue weighted by Crippen LogP contribution is 2.59. The van der Waals surface area contributed by atoms with Crippen LogP contribution in [0.15, 0.2) is 48.6 Å². The summed E-state index contributed by atoms with van der Waals surface area (Å²) < 4.78 is 0. The van der Waals surface area contributed by atoms with Crippen LogP contribution in [-0.4, -0.2) is 0 Å². The first-order valence-corrected chi connectivity index (χ1v) is 8.71. The lowest BCUT2D eigenvalue weighted by molar-refractivity contribution is 0.396. The van der Waals surface area contributed by atoms with E-state index in [2.05, 4.69) is 49.9 Å². The molecule has 0 heterocycles. The summed E-state index contributed by atoms with van der Waals surface area (Å²) in [6.45, 7) is 6.81. The van der Waals surface area contributed by atoms with E-state index in [1.165, 1.54) is 62.5 Å². The molecule has 1 aromatic carbocycles. The summed E-state index contributed by atoms with van der Waals surface area (Å²) in [6.07, 6.45) is 13.4. The van der Waals surface area contributed by atoms with Crippen LogP contribution in [0.4, 0.5) is 0 Å². The third-order valence-corrected chi connectivity index (χ3v) is 5.63. The lowest BCUT2D eigenvalue weighted by Gasteiger charge is -2.31. The lowest BCUT2D eigenvalue weighted by atomic mass is 9.72. The maximum Gasteiger partial charge on any atom is 0.0166 e. The van der Waals surface area contributed by atoms with Gasteiger partial charge in [0.05, 0.1) is 0 Å². The molecule has 0 spiro atoms. The average molecular weight is 280 g/mol. The van der Waals surface area contributed by atoms with Crippen molar-refractivity contribution in [2.24, 2.45) is 11.3 Å². The Morgan fingerprint density at radius 3 is 2.81 bits per heavy atom. The van der Waals surface area contributed by atoms with E-state index in [1.54, 1.807) is 5.57 Å². The minimum absolute atomic E-state index is 0.281. The van der Waals surface area contributed by atoms with Crippen LogP contribution < -0.4 is 0 Å². The van der Waals surface area contributed by atoms with Gasteiger partial charge in [-0.2, -0.15) is 0 Å². The molecule has 21 heavy (non-hydrogen) atoms. The summed E-state index contributed by atoms with van der Waals surface area (Å²) in [4.78, 5) is 0. The highest BCUT2D eigenvalue weighted by Gasteiger charge is 2.47. The monoisotopic (exact) mass is 280 g/mol. The number of unbranched alkanes of at least 4 members (excludes halogenated alkanes) is 2. The molecular weight excluding hydrogens is 252 g/mol. The molecule has 112 valence electrons. The minimum Gasteiger partial charge on any atom is -0.0943 e. The Labute approximate surface area is 130 Å². The Bertz CT molecular complexity index is 522. The second kappa shape index (κ2) is 6.22. The van der Waals surface area contributed by atoms with Gasteiger partial charge in [-0.25, -0.2) is 0 Å². The standard InChI is InChI=1S/C21H28/c1-3-4-6-10-18-15-20-13-9-14-21(20,16-18)17(2)19-11-7-5-8-12-19/h5,7-8,11-12,16,20H,2-4,6,9-10,13-15H2,1H3/t20-,21+/m1/s1. The van der Waals surface area contributed by atoms with Crippen molar-refractivity contribution < 1.29 is 0 Å². The van der Waals surface area contributed by atoms with Gasteiger partial charge in [0.1, 0.15) is 0 Å². The summed E-state index contributed by atoms with van der Waals surface area (Å²) in [5.74, 6) is 0.821. The third-order valence-electron chi connectivity index (χ3n) is 5.63. The van der Waals surface area contributed by atoms with Crippen LogP contribution in [0.2, 0.25) is 0 Å². The van der Waals surface area contributed by atoms with E-state index < -0.39 is 0 Å². The average Bonchev–Trinajstić information content (AvgIpc) is 3.05. The van der Waals surface area contributed by atoms with Crippen LogP contribution in [-0.2, 0) is 0 Å². The Morgan fingerprint density at radius 1 is 1.24 bits per heavy atom. The largest absolute Gasteiger partial charge is 0.0943 e. The number of hydrogen-bond acceptors (Lipinski definition) is 0. The van der Waals surface area contributed by atoms with Gasteiger partial charge < -0.3 is 0 Å². The molecule has 2 aliphatic carbocycles. The molecular formula is C21H28.